The number of nitrogens with one attached hydrogen (secondary N) is 1. The van der Waals surface area contributed by atoms with E-state index in [0.717, 1.165) is 0 Å². The van der Waals surface area contributed by atoms with Gasteiger partial charge in [-0.1, -0.05) is 6.92 Å². The fourth-order valence-corrected chi connectivity index (χ4v) is 2.14. The highest BCUT2D eigenvalue weighted by Gasteiger charge is 2.27. The normalized spacial score (nSPS) is 13.9. The molecule has 0 aliphatic rings. The smallest absolute Gasteiger partial charge is 0.298 e. The summed E-state index contributed by atoms with van der Waals surface area (Å²) in [6.07, 6.45) is -1.38. The molecule has 19 heavy (non-hydrogen) atoms. The van der Waals surface area contributed by atoms with Crippen LogP contribution in [-0.2, 0) is 6.42 Å². The van der Waals surface area contributed by atoms with Crippen molar-refractivity contribution in [2.75, 3.05) is 11.1 Å². The summed E-state index contributed by atoms with van der Waals surface area (Å²) < 4.78 is 0. The Morgan fingerprint density at radius 2 is 2.05 bits per heavy atom. The monoisotopic (exact) mass is 269 g/mol. The summed E-state index contributed by atoms with van der Waals surface area (Å²) in [5.41, 5.74) is 6.64. The van der Waals surface area contributed by atoms with Crippen molar-refractivity contribution in [2.24, 2.45) is 0 Å². The lowest BCUT2D eigenvalue weighted by Gasteiger charge is -2.19. The van der Waals surface area contributed by atoms with Crippen LogP contribution >= 0.6 is 0 Å². The maximum Gasteiger partial charge on any atom is 0.298 e. The molecule has 0 radical (unpaired) electrons. The number of nitro benzene ring substituents is 1. The van der Waals surface area contributed by atoms with E-state index in [1.54, 1.807) is 0 Å². The van der Waals surface area contributed by atoms with Gasteiger partial charge in [-0.15, -0.1) is 0 Å². The number of nitrogens with zero attached hydrogens (tertiary/aromatic N) is 1. The highest BCUT2D eigenvalue weighted by Crippen LogP contribution is 2.38. The van der Waals surface area contributed by atoms with Crippen LogP contribution < -0.4 is 11.1 Å². The summed E-state index contributed by atoms with van der Waals surface area (Å²) in [7, 11) is 0. The van der Waals surface area contributed by atoms with Gasteiger partial charge >= 0.3 is 0 Å². The standard InChI is InChI=1S/C12H19N3O4/c1-4-8-10(14-7(3)17)5-9(13)12(15(18)19)11(8)6(2)16/h5-7,14,16-17H,4,13H2,1-3H3. The second-order valence-corrected chi connectivity index (χ2v) is 4.36. The van der Waals surface area contributed by atoms with E-state index in [4.69, 9.17) is 5.73 Å². The van der Waals surface area contributed by atoms with Crippen LogP contribution in [0.3, 0.4) is 0 Å². The summed E-state index contributed by atoms with van der Waals surface area (Å²) in [6, 6.07) is 1.41. The van der Waals surface area contributed by atoms with Crippen LogP contribution in [0.25, 0.3) is 0 Å². The van der Waals surface area contributed by atoms with Gasteiger partial charge in [-0.2, -0.15) is 0 Å². The van der Waals surface area contributed by atoms with Crippen LogP contribution in [0, 0.1) is 10.1 Å². The Morgan fingerprint density at radius 3 is 2.42 bits per heavy atom. The van der Waals surface area contributed by atoms with Crippen molar-refractivity contribution in [2.45, 2.75) is 39.5 Å². The van der Waals surface area contributed by atoms with E-state index in [9.17, 15) is 20.3 Å². The fraction of sp³-hybridized carbons (Fsp3) is 0.500. The van der Waals surface area contributed by atoms with E-state index >= 15 is 0 Å². The first kappa shape index (κ1) is 15.2. The molecule has 1 aromatic rings. The molecule has 0 saturated carbocycles. The molecule has 0 heterocycles. The molecule has 106 valence electrons. The highest BCUT2D eigenvalue weighted by atomic mass is 16.6. The predicted octanol–water partition coefficient (Wildman–Crippen LogP) is 1.54. The third-order valence-corrected chi connectivity index (χ3v) is 2.80. The largest absolute Gasteiger partial charge is 0.393 e. The number of hydrogen-bond acceptors (Lipinski definition) is 6. The van der Waals surface area contributed by atoms with Crippen LogP contribution in [-0.4, -0.2) is 21.4 Å². The van der Waals surface area contributed by atoms with Crippen molar-refractivity contribution in [3.8, 4) is 0 Å². The molecule has 7 nitrogen and oxygen atoms in total. The van der Waals surface area contributed by atoms with Crippen LogP contribution in [0.15, 0.2) is 6.07 Å². The number of nitrogens with two attached hydrogens (primary N) is 1. The quantitative estimate of drug-likeness (QED) is 0.278. The first-order chi connectivity index (χ1) is 8.79. The van der Waals surface area contributed by atoms with Gasteiger partial charge in [-0.05, 0) is 31.9 Å². The van der Waals surface area contributed by atoms with Gasteiger partial charge in [0.1, 0.15) is 11.9 Å². The molecule has 2 unspecified atom stereocenters. The lowest BCUT2D eigenvalue weighted by atomic mass is 9.95. The van der Waals surface area contributed by atoms with Gasteiger partial charge in [-0.25, -0.2) is 0 Å². The Bertz CT molecular complexity index is 486. The van der Waals surface area contributed by atoms with E-state index in [0.29, 0.717) is 17.7 Å². The number of rotatable bonds is 5. The summed E-state index contributed by atoms with van der Waals surface area (Å²) in [4.78, 5) is 10.5. The Balaban J connectivity index is 3.59. The molecule has 0 amide bonds. The molecule has 0 aromatic heterocycles. The van der Waals surface area contributed by atoms with Gasteiger partial charge in [0.2, 0.25) is 0 Å². The van der Waals surface area contributed by atoms with Crippen molar-refractivity contribution in [1.29, 1.82) is 0 Å². The van der Waals surface area contributed by atoms with Crippen LogP contribution in [0.1, 0.15) is 38.0 Å². The first-order valence-electron chi connectivity index (χ1n) is 6.01. The zero-order valence-electron chi connectivity index (χ0n) is 11.2. The topological polar surface area (TPSA) is 122 Å². The predicted molar refractivity (Wildman–Crippen MR) is 72.8 cm³/mol. The van der Waals surface area contributed by atoms with Crippen LogP contribution in [0.5, 0.6) is 0 Å². The molecule has 0 aliphatic heterocycles. The number of aliphatic hydroxyl groups excluding tert-OH is 2. The van der Waals surface area contributed by atoms with Gasteiger partial charge in [0.25, 0.3) is 5.69 Å². The number of anilines is 2. The number of nitrogen functional groups attached to an aromatic ring is 1. The SMILES string of the molecule is CCc1c(NC(C)O)cc(N)c([N+](=O)[O-])c1C(C)O. The average molecular weight is 269 g/mol. The van der Waals surface area contributed by atoms with Gasteiger partial charge < -0.3 is 21.3 Å². The minimum Gasteiger partial charge on any atom is -0.393 e. The Morgan fingerprint density at radius 1 is 1.47 bits per heavy atom. The maximum atomic E-state index is 11.1. The van der Waals surface area contributed by atoms with Crippen molar-refractivity contribution >= 4 is 17.1 Å². The lowest BCUT2D eigenvalue weighted by Crippen LogP contribution is -2.17. The van der Waals surface area contributed by atoms with E-state index in [1.165, 1.54) is 19.9 Å². The molecule has 5 N–H and O–H groups in total. The fourth-order valence-electron chi connectivity index (χ4n) is 2.14. The second kappa shape index (κ2) is 5.85. The second-order valence-electron chi connectivity index (χ2n) is 4.36. The first-order valence-corrected chi connectivity index (χ1v) is 6.01. The molecular weight excluding hydrogens is 250 g/mol. The molecule has 1 aromatic carbocycles. The Kier molecular flexibility index (Phi) is 4.68. The maximum absolute atomic E-state index is 11.1. The van der Waals surface area contributed by atoms with E-state index in [-0.39, 0.29) is 16.9 Å². The summed E-state index contributed by atoms with van der Waals surface area (Å²) in [5, 5.41) is 33.0. The molecular formula is C12H19N3O4. The third-order valence-electron chi connectivity index (χ3n) is 2.80. The van der Waals surface area contributed by atoms with Crippen molar-refractivity contribution in [3.05, 3.63) is 27.3 Å². The summed E-state index contributed by atoms with van der Waals surface area (Å²) in [6.45, 7) is 4.79. The van der Waals surface area contributed by atoms with Gasteiger partial charge in [0, 0.05) is 5.69 Å². The number of benzene rings is 1. The van der Waals surface area contributed by atoms with Crippen molar-refractivity contribution < 1.29 is 15.1 Å². The average Bonchev–Trinajstić information content (AvgIpc) is 2.26. The zero-order chi connectivity index (χ0) is 14.7. The van der Waals surface area contributed by atoms with E-state index < -0.39 is 17.3 Å². The number of aliphatic hydroxyl groups is 2. The Labute approximate surface area is 111 Å². The van der Waals surface area contributed by atoms with Gasteiger partial charge in [-0.3, -0.25) is 10.1 Å². The third kappa shape index (κ3) is 3.12. The lowest BCUT2D eigenvalue weighted by molar-refractivity contribution is -0.385. The van der Waals surface area contributed by atoms with Crippen molar-refractivity contribution in [3.63, 3.8) is 0 Å². The number of nitro groups is 1. The van der Waals surface area contributed by atoms with E-state index in [1.807, 2.05) is 6.92 Å². The zero-order valence-corrected chi connectivity index (χ0v) is 11.2. The minimum absolute atomic E-state index is 0.0405. The Hall–Kier alpha value is -1.86. The van der Waals surface area contributed by atoms with E-state index in [2.05, 4.69) is 5.32 Å². The molecule has 0 bridgehead atoms. The van der Waals surface area contributed by atoms with Crippen LogP contribution in [0.2, 0.25) is 0 Å². The molecule has 0 spiro atoms. The summed E-state index contributed by atoms with van der Waals surface area (Å²) >= 11 is 0. The van der Waals surface area contributed by atoms with Gasteiger partial charge in [0.05, 0.1) is 16.6 Å². The highest BCUT2D eigenvalue weighted by molar-refractivity contribution is 5.74. The number of hydrogen-bond donors (Lipinski definition) is 4. The molecule has 2 atom stereocenters. The molecule has 0 fully saturated rings. The molecule has 0 aliphatic carbocycles. The summed E-state index contributed by atoms with van der Waals surface area (Å²) in [5.74, 6) is 0. The molecule has 1 rings (SSSR count). The van der Waals surface area contributed by atoms with Crippen molar-refractivity contribution in [1.82, 2.24) is 0 Å². The van der Waals surface area contributed by atoms with Gasteiger partial charge in [0.15, 0.2) is 0 Å². The molecule has 0 saturated heterocycles. The minimum atomic E-state index is -1.02. The van der Waals surface area contributed by atoms with Crippen LogP contribution in [0.4, 0.5) is 17.1 Å². The molecule has 7 heteroatoms.